The summed E-state index contributed by atoms with van der Waals surface area (Å²) in [5.41, 5.74) is 1.96. The number of anilines is 1. The fraction of sp³-hybridized carbons (Fsp3) is 0.375. The molecule has 160 valence electrons. The zero-order valence-corrected chi connectivity index (χ0v) is 17.8. The molecule has 0 radical (unpaired) electrons. The van der Waals surface area contributed by atoms with Crippen LogP contribution in [0.15, 0.2) is 54.6 Å². The molecule has 0 aliphatic carbocycles. The number of hydrogen-bond donors (Lipinski definition) is 0. The van der Waals surface area contributed by atoms with Crippen LogP contribution in [0.25, 0.3) is 0 Å². The summed E-state index contributed by atoms with van der Waals surface area (Å²) < 4.78 is 0. The molecule has 0 saturated carbocycles. The van der Waals surface area contributed by atoms with Crippen molar-refractivity contribution in [3.05, 3.63) is 65.7 Å². The van der Waals surface area contributed by atoms with Crippen molar-refractivity contribution in [3.8, 4) is 0 Å². The Labute approximate surface area is 181 Å². The molecule has 31 heavy (non-hydrogen) atoms. The summed E-state index contributed by atoms with van der Waals surface area (Å²) in [6.45, 7) is 2.90. The van der Waals surface area contributed by atoms with Gasteiger partial charge in [-0.3, -0.25) is 24.3 Å². The topological polar surface area (TPSA) is 64.2 Å². The summed E-state index contributed by atoms with van der Waals surface area (Å²) in [6.07, 6.45) is 0.309. The van der Waals surface area contributed by atoms with Crippen LogP contribution in [0.2, 0.25) is 0 Å². The van der Waals surface area contributed by atoms with E-state index >= 15 is 0 Å². The second kappa shape index (κ2) is 7.20. The van der Waals surface area contributed by atoms with Crippen molar-refractivity contribution in [3.63, 3.8) is 0 Å². The largest absolute Gasteiger partial charge is 0.364 e. The lowest BCUT2D eigenvalue weighted by atomic mass is 9.67. The number of amides is 4. The number of benzene rings is 2. The minimum Gasteiger partial charge on any atom is -0.364 e. The van der Waals surface area contributed by atoms with Gasteiger partial charge in [-0.15, -0.1) is 0 Å². The van der Waals surface area contributed by atoms with Gasteiger partial charge in [-0.2, -0.15) is 0 Å². The number of carbonyl (C=O) groups excluding carboxylic acids is 3. The fourth-order valence-corrected chi connectivity index (χ4v) is 5.42. The first-order valence-corrected chi connectivity index (χ1v) is 10.6. The molecular weight excluding hydrogens is 392 g/mol. The standard InChI is InChI=1S/C24H26N4O3/c1-25-21(29)24(22(30)26(2)23(25)31)14-18-10-6-7-11-19(18)28-13-12-27(16-20(24)28)15-17-8-4-3-5-9-17/h3-11,20H,12-16H2,1-2H3. The molecule has 1 atom stereocenters. The summed E-state index contributed by atoms with van der Waals surface area (Å²) in [6, 6.07) is 17.3. The Balaban J connectivity index is 1.58. The molecule has 3 aliphatic heterocycles. The van der Waals surface area contributed by atoms with E-state index in [1.165, 1.54) is 19.7 Å². The Bertz CT molecular complexity index is 1030. The van der Waals surface area contributed by atoms with Gasteiger partial charge in [0.1, 0.15) is 0 Å². The monoisotopic (exact) mass is 418 g/mol. The average Bonchev–Trinajstić information content (AvgIpc) is 2.81. The van der Waals surface area contributed by atoms with Crippen LogP contribution in [-0.2, 0) is 22.6 Å². The van der Waals surface area contributed by atoms with E-state index in [0.29, 0.717) is 13.0 Å². The molecule has 4 amide bonds. The molecule has 7 nitrogen and oxygen atoms in total. The summed E-state index contributed by atoms with van der Waals surface area (Å²) in [4.78, 5) is 46.4. The second-order valence-electron chi connectivity index (χ2n) is 8.72. The molecule has 1 spiro atoms. The smallest absolute Gasteiger partial charge is 0.332 e. The lowest BCUT2D eigenvalue weighted by molar-refractivity contribution is -0.160. The summed E-state index contributed by atoms with van der Waals surface area (Å²) in [5.74, 6) is -0.793. The Kier molecular flexibility index (Phi) is 4.59. The number of carbonyl (C=O) groups is 3. The zero-order chi connectivity index (χ0) is 21.8. The minimum absolute atomic E-state index is 0.309. The molecular formula is C24H26N4O3. The molecule has 1 unspecified atom stereocenters. The lowest BCUT2D eigenvalue weighted by Gasteiger charge is -2.56. The van der Waals surface area contributed by atoms with Crippen LogP contribution in [0.3, 0.4) is 0 Å². The van der Waals surface area contributed by atoms with Crippen molar-refractivity contribution >= 4 is 23.5 Å². The van der Waals surface area contributed by atoms with E-state index in [0.717, 1.165) is 40.7 Å². The van der Waals surface area contributed by atoms with E-state index in [4.69, 9.17) is 0 Å². The molecule has 3 aliphatic rings. The molecule has 3 heterocycles. The van der Waals surface area contributed by atoms with Gasteiger partial charge < -0.3 is 4.90 Å². The van der Waals surface area contributed by atoms with Crippen LogP contribution < -0.4 is 4.90 Å². The number of para-hydroxylation sites is 1. The van der Waals surface area contributed by atoms with Gasteiger partial charge >= 0.3 is 6.03 Å². The summed E-state index contributed by atoms with van der Waals surface area (Å²) in [5, 5.41) is 0. The number of urea groups is 1. The highest BCUT2D eigenvalue weighted by Gasteiger charge is 2.63. The predicted octanol–water partition coefficient (Wildman–Crippen LogP) is 1.97. The van der Waals surface area contributed by atoms with Gasteiger partial charge in [0, 0.05) is 46.0 Å². The minimum atomic E-state index is -1.30. The highest BCUT2D eigenvalue weighted by atomic mass is 16.2. The van der Waals surface area contributed by atoms with E-state index in [1.807, 2.05) is 36.4 Å². The van der Waals surface area contributed by atoms with Gasteiger partial charge in [0.25, 0.3) is 0 Å². The lowest BCUT2D eigenvalue weighted by Crippen LogP contribution is -2.74. The average molecular weight is 418 g/mol. The second-order valence-corrected chi connectivity index (χ2v) is 8.72. The van der Waals surface area contributed by atoms with Crippen molar-refractivity contribution in [2.24, 2.45) is 5.41 Å². The quantitative estimate of drug-likeness (QED) is 0.698. The van der Waals surface area contributed by atoms with Gasteiger partial charge in [0.2, 0.25) is 11.8 Å². The highest BCUT2D eigenvalue weighted by molar-refractivity contribution is 6.20. The molecule has 0 N–H and O–H groups in total. The summed E-state index contributed by atoms with van der Waals surface area (Å²) >= 11 is 0. The third-order valence-corrected chi connectivity index (χ3v) is 7.00. The molecule has 0 aromatic heterocycles. The van der Waals surface area contributed by atoms with Crippen LogP contribution in [0, 0.1) is 5.41 Å². The third-order valence-electron chi connectivity index (χ3n) is 7.00. The maximum Gasteiger partial charge on any atom is 0.332 e. The van der Waals surface area contributed by atoms with E-state index < -0.39 is 23.3 Å². The Hall–Kier alpha value is -3.19. The number of rotatable bonds is 2. The Morgan fingerprint density at radius 1 is 0.871 bits per heavy atom. The number of hydrogen-bond acceptors (Lipinski definition) is 5. The van der Waals surface area contributed by atoms with Crippen molar-refractivity contribution in [2.45, 2.75) is 19.0 Å². The third kappa shape index (κ3) is 2.87. The van der Waals surface area contributed by atoms with E-state index in [-0.39, 0.29) is 6.04 Å². The fourth-order valence-electron chi connectivity index (χ4n) is 5.42. The maximum absolute atomic E-state index is 13.6. The number of piperazine rings is 1. The van der Waals surface area contributed by atoms with Crippen LogP contribution in [0.5, 0.6) is 0 Å². The van der Waals surface area contributed by atoms with Gasteiger partial charge in [-0.05, 0) is 23.6 Å². The number of fused-ring (bicyclic) bond motifs is 4. The molecule has 0 bridgehead atoms. The van der Waals surface area contributed by atoms with Crippen LogP contribution >= 0.6 is 0 Å². The van der Waals surface area contributed by atoms with Crippen LogP contribution in [0.1, 0.15) is 11.1 Å². The Morgan fingerprint density at radius 2 is 1.52 bits per heavy atom. The first-order chi connectivity index (χ1) is 14.9. The SMILES string of the molecule is CN1C(=O)N(C)C(=O)C2(Cc3ccccc3N3CCN(Cc4ccccc4)CC32)C1=O. The van der Waals surface area contributed by atoms with Crippen LogP contribution in [0.4, 0.5) is 10.5 Å². The summed E-state index contributed by atoms with van der Waals surface area (Å²) in [7, 11) is 2.95. The van der Waals surface area contributed by atoms with E-state index in [9.17, 15) is 14.4 Å². The molecule has 5 rings (SSSR count). The number of barbiturate groups is 1. The number of nitrogens with zero attached hydrogens (tertiary/aromatic N) is 4. The molecule has 2 aromatic rings. The van der Waals surface area contributed by atoms with Gasteiger partial charge in [0.05, 0.1) is 6.04 Å². The maximum atomic E-state index is 13.6. The van der Waals surface area contributed by atoms with Crippen molar-refractivity contribution in [2.75, 3.05) is 38.6 Å². The first-order valence-electron chi connectivity index (χ1n) is 10.6. The zero-order valence-electron chi connectivity index (χ0n) is 17.8. The van der Waals surface area contributed by atoms with Crippen molar-refractivity contribution in [1.82, 2.24) is 14.7 Å². The van der Waals surface area contributed by atoms with Crippen molar-refractivity contribution < 1.29 is 14.4 Å². The van der Waals surface area contributed by atoms with Gasteiger partial charge in [0.15, 0.2) is 5.41 Å². The molecule has 2 fully saturated rings. The normalized spacial score (nSPS) is 23.2. The molecule has 7 heteroatoms. The Morgan fingerprint density at radius 3 is 2.23 bits per heavy atom. The van der Waals surface area contributed by atoms with Crippen LogP contribution in [-0.4, -0.2) is 72.3 Å². The van der Waals surface area contributed by atoms with E-state index in [1.54, 1.807) is 0 Å². The molecule has 2 aromatic carbocycles. The van der Waals surface area contributed by atoms with Gasteiger partial charge in [-0.25, -0.2) is 4.79 Å². The first kappa shape index (κ1) is 19.8. The number of imide groups is 2. The predicted molar refractivity (Wildman–Crippen MR) is 116 cm³/mol. The van der Waals surface area contributed by atoms with Gasteiger partial charge in [-0.1, -0.05) is 48.5 Å². The molecule has 2 saturated heterocycles. The van der Waals surface area contributed by atoms with Crippen molar-refractivity contribution in [1.29, 1.82) is 0 Å². The van der Waals surface area contributed by atoms with E-state index in [2.05, 4.69) is 28.0 Å². The highest BCUT2D eigenvalue weighted by Crippen LogP contribution is 2.46.